The molecule has 3 nitrogen and oxygen atoms in total. The fourth-order valence-corrected chi connectivity index (χ4v) is 3.49. The fraction of sp³-hybridized carbons (Fsp3) is 0.158. The van der Waals surface area contributed by atoms with E-state index in [-0.39, 0.29) is 0 Å². The van der Waals surface area contributed by atoms with E-state index in [1.54, 1.807) is 11.3 Å². The Morgan fingerprint density at radius 1 is 0.870 bits per heavy atom. The third kappa shape index (κ3) is 3.32. The maximum Gasteiger partial charge on any atom is 0.211 e. The molecular formula is C19H19N3S. The Morgan fingerprint density at radius 3 is 2.00 bits per heavy atom. The van der Waals surface area contributed by atoms with E-state index in [0.717, 1.165) is 10.5 Å². The van der Waals surface area contributed by atoms with E-state index in [1.165, 1.54) is 21.7 Å². The molecule has 1 aromatic heterocycles. The van der Waals surface area contributed by atoms with E-state index < -0.39 is 0 Å². The molecule has 116 valence electrons. The smallest absolute Gasteiger partial charge is 0.211 e. The predicted molar refractivity (Wildman–Crippen MR) is 98.5 cm³/mol. The van der Waals surface area contributed by atoms with Crippen LogP contribution in [-0.4, -0.2) is 10.3 Å². The summed E-state index contributed by atoms with van der Waals surface area (Å²) in [6.07, 6.45) is 0. The van der Waals surface area contributed by atoms with Crippen molar-refractivity contribution >= 4 is 17.0 Å². The van der Waals surface area contributed by atoms with E-state index in [9.17, 15) is 0 Å². The van der Waals surface area contributed by atoms with Crippen LogP contribution in [0.4, 0.5) is 0 Å². The Balaban J connectivity index is 2.28. The Bertz CT molecular complexity index is 883. The lowest BCUT2D eigenvalue weighted by atomic mass is 10.1. The number of nitrogens with zero attached hydrogens (tertiary/aromatic N) is 3. The first-order valence-electron chi connectivity index (χ1n) is 7.52. The van der Waals surface area contributed by atoms with Crippen molar-refractivity contribution in [3.63, 3.8) is 0 Å². The first-order chi connectivity index (χ1) is 11.2. The van der Waals surface area contributed by atoms with Crippen molar-refractivity contribution in [2.24, 2.45) is 17.3 Å². The van der Waals surface area contributed by atoms with Gasteiger partial charge in [-0.05, 0) is 25.0 Å². The summed E-state index contributed by atoms with van der Waals surface area (Å²) in [6.45, 7) is 3.90. The van der Waals surface area contributed by atoms with E-state index >= 15 is 0 Å². The molecule has 0 spiro atoms. The van der Waals surface area contributed by atoms with Gasteiger partial charge in [-0.3, -0.25) is 0 Å². The largest absolute Gasteiger partial charge is 0.318 e. The average molecular weight is 321 g/mol. The zero-order valence-electron chi connectivity index (χ0n) is 13.5. The monoisotopic (exact) mass is 321 g/mol. The van der Waals surface area contributed by atoms with Gasteiger partial charge in [-0.2, -0.15) is 5.10 Å². The third-order valence-electron chi connectivity index (χ3n) is 3.45. The normalized spacial score (nSPS) is 11.5. The second-order valence-electron chi connectivity index (χ2n) is 5.50. The molecule has 0 saturated carbocycles. The van der Waals surface area contributed by atoms with E-state index in [0.29, 0.717) is 0 Å². The molecule has 0 N–H and O–H groups in total. The van der Waals surface area contributed by atoms with Gasteiger partial charge in [-0.1, -0.05) is 72.0 Å². The van der Waals surface area contributed by atoms with Gasteiger partial charge in [0.1, 0.15) is 0 Å². The van der Waals surface area contributed by atoms with Gasteiger partial charge in [0, 0.05) is 12.8 Å². The molecule has 1 heterocycles. The molecule has 23 heavy (non-hydrogen) atoms. The van der Waals surface area contributed by atoms with Crippen molar-refractivity contribution < 1.29 is 0 Å². The van der Waals surface area contributed by atoms with Gasteiger partial charge in [0.25, 0.3) is 0 Å². The summed E-state index contributed by atoms with van der Waals surface area (Å²) in [5.41, 5.74) is 4.50. The Morgan fingerprint density at radius 2 is 1.43 bits per heavy atom. The highest BCUT2D eigenvalue weighted by molar-refractivity contribution is 7.13. The Labute approximate surface area is 140 Å². The van der Waals surface area contributed by atoms with Gasteiger partial charge in [0.2, 0.25) is 4.80 Å². The molecule has 0 radical (unpaired) electrons. The molecule has 0 aliphatic carbocycles. The molecule has 0 amide bonds. The van der Waals surface area contributed by atoms with Crippen molar-refractivity contribution in [1.29, 1.82) is 0 Å². The molecule has 3 aromatic rings. The number of rotatable bonds is 3. The van der Waals surface area contributed by atoms with Crippen LogP contribution in [0.1, 0.15) is 13.8 Å². The standard InChI is InChI=1S/C19H19N3S/c1-14(2)20-21-19-22(3)17(15-10-6-4-7-11-15)18(23-19)16-12-8-5-9-13-16/h4-13H,1-3H3/b21-19+. The maximum atomic E-state index is 4.41. The number of hydrogen-bond donors (Lipinski definition) is 0. The van der Waals surface area contributed by atoms with Gasteiger partial charge in [0.15, 0.2) is 0 Å². The first kappa shape index (κ1) is 15.4. The lowest BCUT2D eigenvalue weighted by Crippen LogP contribution is -2.10. The molecule has 0 aliphatic rings. The van der Waals surface area contributed by atoms with Gasteiger partial charge in [-0.15, -0.1) is 5.10 Å². The second-order valence-corrected chi connectivity index (χ2v) is 6.48. The van der Waals surface area contributed by atoms with Crippen molar-refractivity contribution in [3.8, 4) is 21.7 Å². The lowest BCUT2D eigenvalue weighted by molar-refractivity contribution is 0.863. The quantitative estimate of drug-likeness (QED) is 0.494. The molecule has 0 atom stereocenters. The summed E-state index contributed by atoms with van der Waals surface area (Å²) < 4.78 is 2.12. The minimum Gasteiger partial charge on any atom is -0.318 e. The molecule has 3 rings (SSSR count). The highest BCUT2D eigenvalue weighted by atomic mass is 32.1. The molecule has 4 heteroatoms. The molecule has 0 bridgehead atoms. The SMILES string of the molecule is CC(C)=N/N=c1/sc(-c2ccccc2)c(-c2ccccc2)n1C. The average Bonchev–Trinajstić information content (AvgIpc) is 2.91. The summed E-state index contributed by atoms with van der Waals surface area (Å²) in [6, 6.07) is 20.9. The van der Waals surface area contributed by atoms with Crippen LogP contribution in [-0.2, 0) is 7.05 Å². The van der Waals surface area contributed by atoms with E-state index in [2.05, 4.69) is 63.3 Å². The van der Waals surface area contributed by atoms with Gasteiger partial charge < -0.3 is 4.57 Å². The molecule has 0 fully saturated rings. The molecule has 2 aromatic carbocycles. The summed E-state index contributed by atoms with van der Waals surface area (Å²) >= 11 is 1.67. The Hall–Kier alpha value is -2.46. The van der Waals surface area contributed by atoms with Crippen LogP contribution in [0, 0.1) is 0 Å². The van der Waals surface area contributed by atoms with Crippen LogP contribution in [0.5, 0.6) is 0 Å². The first-order valence-corrected chi connectivity index (χ1v) is 8.34. The van der Waals surface area contributed by atoms with Gasteiger partial charge in [-0.25, -0.2) is 0 Å². The van der Waals surface area contributed by atoms with Crippen molar-refractivity contribution in [1.82, 2.24) is 4.57 Å². The zero-order valence-corrected chi connectivity index (χ0v) is 14.3. The van der Waals surface area contributed by atoms with Crippen LogP contribution in [0.15, 0.2) is 70.9 Å². The van der Waals surface area contributed by atoms with E-state index in [1.807, 2.05) is 33.0 Å². The summed E-state index contributed by atoms with van der Waals surface area (Å²) in [4.78, 5) is 2.10. The van der Waals surface area contributed by atoms with Gasteiger partial charge >= 0.3 is 0 Å². The second kappa shape index (κ2) is 6.75. The third-order valence-corrected chi connectivity index (χ3v) is 4.62. The zero-order chi connectivity index (χ0) is 16.2. The minimum absolute atomic E-state index is 0.893. The highest BCUT2D eigenvalue weighted by Gasteiger charge is 2.14. The highest BCUT2D eigenvalue weighted by Crippen LogP contribution is 2.33. The van der Waals surface area contributed by atoms with Crippen molar-refractivity contribution in [2.75, 3.05) is 0 Å². The topological polar surface area (TPSA) is 29.6 Å². The number of benzene rings is 2. The van der Waals surface area contributed by atoms with Crippen molar-refractivity contribution in [3.05, 3.63) is 65.5 Å². The maximum absolute atomic E-state index is 4.41. The molecule has 0 saturated heterocycles. The number of thiazole rings is 1. The minimum atomic E-state index is 0.893. The van der Waals surface area contributed by atoms with Crippen LogP contribution in [0.3, 0.4) is 0 Å². The van der Waals surface area contributed by atoms with Crippen LogP contribution >= 0.6 is 11.3 Å². The number of aromatic nitrogens is 1. The summed E-state index contributed by atoms with van der Waals surface area (Å²) in [7, 11) is 2.05. The molecular weight excluding hydrogens is 302 g/mol. The van der Waals surface area contributed by atoms with Crippen molar-refractivity contribution in [2.45, 2.75) is 13.8 Å². The number of hydrogen-bond acceptors (Lipinski definition) is 3. The van der Waals surface area contributed by atoms with Gasteiger partial charge in [0.05, 0.1) is 10.6 Å². The van der Waals surface area contributed by atoms with E-state index in [4.69, 9.17) is 0 Å². The summed E-state index contributed by atoms with van der Waals surface area (Å²) in [5.74, 6) is 0. The molecule has 0 unspecified atom stereocenters. The summed E-state index contributed by atoms with van der Waals surface area (Å²) in [5, 5.41) is 8.64. The fourth-order valence-electron chi connectivity index (χ4n) is 2.39. The molecule has 0 aliphatic heterocycles. The van der Waals surface area contributed by atoms with Crippen LogP contribution in [0.2, 0.25) is 0 Å². The Kier molecular flexibility index (Phi) is 4.53. The predicted octanol–water partition coefficient (Wildman–Crippen LogP) is 4.72. The van der Waals surface area contributed by atoms with Crippen LogP contribution < -0.4 is 4.80 Å². The van der Waals surface area contributed by atoms with Crippen LogP contribution in [0.25, 0.3) is 21.7 Å². The lowest BCUT2D eigenvalue weighted by Gasteiger charge is -2.07.